The van der Waals surface area contributed by atoms with Crippen molar-refractivity contribution in [1.29, 1.82) is 0 Å². The fraction of sp³-hybridized carbons (Fsp3) is 0.318. The molecule has 0 N–H and O–H groups in total. The highest BCUT2D eigenvalue weighted by atomic mass is 16.7. The maximum Gasteiger partial charge on any atom is 0.269 e. The molecule has 2 aliphatic heterocycles. The van der Waals surface area contributed by atoms with E-state index in [4.69, 9.17) is 14.2 Å². The first kappa shape index (κ1) is 17.7. The van der Waals surface area contributed by atoms with Gasteiger partial charge in [-0.2, -0.15) is 0 Å². The lowest BCUT2D eigenvalue weighted by molar-refractivity contribution is -0.384. The quantitative estimate of drug-likeness (QED) is 0.552. The van der Waals surface area contributed by atoms with Gasteiger partial charge in [-0.25, -0.2) is 0 Å². The number of nitro benzene ring substituents is 1. The van der Waals surface area contributed by atoms with Crippen LogP contribution < -0.4 is 14.2 Å². The van der Waals surface area contributed by atoms with Gasteiger partial charge in [0.05, 0.1) is 4.92 Å². The molecule has 0 spiro atoms. The summed E-state index contributed by atoms with van der Waals surface area (Å²) in [5.74, 6) is 1.95. The molecule has 0 saturated carbocycles. The van der Waals surface area contributed by atoms with E-state index in [2.05, 4.69) is 0 Å². The second-order valence-corrected chi connectivity index (χ2v) is 8.41. The molecule has 2 aromatic carbocycles. The van der Waals surface area contributed by atoms with Crippen LogP contribution in [-0.2, 0) is 4.79 Å². The van der Waals surface area contributed by atoms with Gasteiger partial charge in [0.2, 0.25) is 6.79 Å². The number of carbonyl (C=O) groups is 1. The lowest BCUT2D eigenvalue weighted by atomic mass is 9.70. The lowest BCUT2D eigenvalue weighted by Gasteiger charge is -2.38. The van der Waals surface area contributed by atoms with E-state index in [1.54, 1.807) is 12.1 Å². The van der Waals surface area contributed by atoms with Crippen LogP contribution in [-0.4, -0.2) is 17.5 Å². The number of Topliss-reactive ketones (excluding diaryl/α,β-unsaturated/α-hetero) is 1. The topological polar surface area (TPSA) is 87.9 Å². The average molecular weight is 393 g/mol. The average Bonchev–Trinajstić information content (AvgIpc) is 3.11. The van der Waals surface area contributed by atoms with E-state index in [-0.39, 0.29) is 23.7 Å². The summed E-state index contributed by atoms with van der Waals surface area (Å²) >= 11 is 0. The summed E-state index contributed by atoms with van der Waals surface area (Å²) in [6.07, 6.45) is 1.02. The van der Waals surface area contributed by atoms with Gasteiger partial charge < -0.3 is 14.2 Å². The largest absolute Gasteiger partial charge is 0.461 e. The summed E-state index contributed by atoms with van der Waals surface area (Å²) in [4.78, 5) is 24.1. The number of benzene rings is 2. The van der Waals surface area contributed by atoms with Crippen molar-refractivity contribution in [2.45, 2.75) is 32.6 Å². The molecule has 1 aliphatic carbocycles. The summed E-state index contributed by atoms with van der Waals surface area (Å²) in [5, 5.41) is 11.3. The molecular formula is C22H19NO6. The van der Waals surface area contributed by atoms with Crippen molar-refractivity contribution in [3.63, 3.8) is 0 Å². The van der Waals surface area contributed by atoms with E-state index in [1.807, 2.05) is 26.0 Å². The third kappa shape index (κ3) is 2.85. The van der Waals surface area contributed by atoms with Crippen LogP contribution in [0, 0.1) is 15.5 Å². The van der Waals surface area contributed by atoms with Gasteiger partial charge in [0.1, 0.15) is 11.5 Å². The van der Waals surface area contributed by atoms with Gasteiger partial charge in [0.15, 0.2) is 17.3 Å². The Bertz CT molecular complexity index is 1100. The highest BCUT2D eigenvalue weighted by Gasteiger charge is 2.43. The fourth-order valence-electron chi connectivity index (χ4n) is 4.40. The molecule has 0 saturated heterocycles. The van der Waals surface area contributed by atoms with Crippen molar-refractivity contribution in [1.82, 2.24) is 0 Å². The molecule has 5 rings (SSSR count). The predicted octanol–water partition coefficient (Wildman–Crippen LogP) is 4.49. The third-order valence-electron chi connectivity index (χ3n) is 5.63. The Kier molecular flexibility index (Phi) is 3.71. The first-order valence-electron chi connectivity index (χ1n) is 9.44. The van der Waals surface area contributed by atoms with Crippen LogP contribution in [0.4, 0.5) is 5.69 Å². The van der Waals surface area contributed by atoms with E-state index in [0.29, 0.717) is 47.0 Å². The Balaban J connectivity index is 1.73. The van der Waals surface area contributed by atoms with Crippen LogP contribution in [0.3, 0.4) is 0 Å². The monoisotopic (exact) mass is 393 g/mol. The molecule has 0 fully saturated rings. The zero-order chi connectivity index (χ0) is 20.3. The van der Waals surface area contributed by atoms with Gasteiger partial charge in [0.25, 0.3) is 5.69 Å². The molecule has 29 heavy (non-hydrogen) atoms. The number of fused-ring (bicyclic) bond motifs is 2. The molecule has 0 radical (unpaired) electrons. The van der Waals surface area contributed by atoms with Gasteiger partial charge in [-0.05, 0) is 17.0 Å². The molecular weight excluding hydrogens is 374 g/mol. The summed E-state index contributed by atoms with van der Waals surface area (Å²) in [6.45, 7) is 4.20. The highest BCUT2D eigenvalue weighted by Crippen LogP contribution is 2.53. The number of hydrogen-bond donors (Lipinski definition) is 0. The van der Waals surface area contributed by atoms with E-state index in [1.165, 1.54) is 12.1 Å². The number of nitrogens with zero attached hydrogens (tertiary/aromatic N) is 1. The zero-order valence-corrected chi connectivity index (χ0v) is 16.1. The van der Waals surface area contributed by atoms with Gasteiger partial charge in [0, 0.05) is 48.1 Å². The minimum Gasteiger partial charge on any atom is -0.461 e. The van der Waals surface area contributed by atoms with E-state index < -0.39 is 10.8 Å². The molecule has 1 unspecified atom stereocenters. The maximum atomic E-state index is 13.2. The normalized spacial score (nSPS) is 21.3. The first-order chi connectivity index (χ1) is 13.8. The minimum absolute atomic E-state index is 0.0103. The SMILES string of the molecule is CC1(C)CC(=O)C2=C(C1)Oc1cc3c(cc1C2c1cccc([N+](=O)[O-])c1)OCO3. The number of carbonyl (C=O) groups excluding carboxylic acids is 1. The van der Waals surface area contributed by atoms with Crippen LogP contribution in [0.15, 0.2) is 47.7 Å². The summed E-state index contributed by atoms with van der Waals surface area (Å²) in [5.41, 5.74) is 1.79. The molecule has 0 bridgehead atoms. The van der Waals surface area contributed by atoms with E-state index in [9.17, 15) is 14.9 Å². The molecule has 1 atom stereocenters. The van der Waals surface area contributed by atoms with Crippen molar-refractivity contribution in [3.05, 3.63) is 69.0 Å². The van der Waals surface area contributed by atoms with Crippen molar-refractivity contribution in [2.24, 2.45) is 5.41 Å². The molecule has 0 aromatic heterocycles. The lowest BCUT2D eigenvalue weighted by Crippen LogP contribution is -2.32. The second kappa shape index (κ2) is 6.07. The van der Waals surface area contributed by atoms with Crippen LogP contribution in [0.1, 0.15) is 43.7 Å². The number of rotatable bonds is 2. The van der Waals surface area contributed by atoms with Crippen molar-refractivity contribution in [2.75, 3.05) is 6.79 Å². The Morgan fingerprint density at radius 3 is 2.59 bits per heavy atom. The second-order valence-electron chi connectivity index (χ2n) is 8.41. The molecule has 148 valence electrons. The molecule has 2 aromatic rings. The van der Waals surface area contributed by atoms with Crippen molar-refractivity contribution in [3.8, 4) is 17.2 Å². The molecule has 3 aliphatic rings. The van der Waals surface area contributed by atoms with Gasteiger partial charge in [-0.1, -0.05) is 26.0 Å². The van der Waals surface area contributed by atoms with E-state index in [0.717, 1.165) is 5.56 Å². The number of ketones is 1. The highest BCUT2D eigenvalue weighted by molar-refractivity contribution is 6.00. The van der Waals surface area contributed by atoms with E-state index >= 15 is 0 Å². The molecule has 7 nitrogen and oxygen atoms in total. The molecule has 2 heterocycles. The Morgan fingerprint density at radius 2 is 1.83 bits per heavy atom. The Morgan fingerprint density at radius 1 is 1.07 bits per heavy atom. The van der Waals surface area contributed by atoms with Gasteiger partial charge in [-0.15, -0.1) is 0 Å². The number of hydrogen-bond acceptors (Lipinski definition) is 6. The fourth-order valence-corrected chi connectivity index (χ4v) is 4.40. The van der Waals surface area contributed by atoms with Crippen LogP contribution in [0.5, 0.6) is 17.2 Å². The molecule has 7 heteroatoms. The van der Waals surface area contributed by atoms with Crippen LogP contribution >= 0.6 is 0 Å². The first-order valence-corrected chi connectivity index (χ1v) is 9.44. The van der Waals surface area contributed by atoms with Crippen LogP contribution in [0.25, 0.3) is 0 Å². The number of non-ortho nitro benzene ring substituents is 1. The van der Waals surface area contributed by atoms with Crippen molar-refractivity contribution < 1.29 is 23.9 Å². The zero-order valence-electron chi connectivity index (χ0n) is 16.1. The third-order valence-corrected chi connectivity index (χ3v) is 5.63. The standard InChI is InChI=1S/C22H19NO6/c1-22(2)9-15(24)21-19(10-22)29-16-8-18-17(27-11-28-18)7-14(16)20(21)12-4-3-5-13(6-12)23(25)26/h3-8,20H,9-11H2,1-2H3. The maximum absolute atomic E-state index is 13.2. The molecule has 0 amide bonds. The Hall–Kier alpha value is -3.35. The van der Waals surface area contributed by atoms with Gasteiger partial charge in [-0.3, -0.25) is 14.9 Å². The van der Waals surface area contributed by atoms with Gasteiger partial charge >= 0.3 is 0 Å². The van der Waals surface area contributed by atoms with Crippen molar-refractivity contribution >= 4 is 11.5 Å². The van der Waals surface area contributed by atoms with Crippen LogP contribution in [0.2, 0.25) is 0 Å². The number of ether oxygens (including phenoxy) is 3. The smallest absolute Gasteiger partial charge is 0.269 e. The summed E-state index contributed by atoms with van der Waals surface area (Å²) < 4.78 is 17.2. The minimum atomic E-state index is -0.452. The Labute approximate surface area is 167 Å². The number of nitro groups is 1. The summed E-state index contributed by atoms with van der Waals surface area (Å²) in [6, 6.07) is 10.0. The predicted molar refractivity (Wildman–Crippen MR) is 103 cm³/mol. The number of allylic oxidation sites excluding steroid dienone is 2. The summed E-state index contributed by atoms with van der Waals surface area (Å²) in [7, 11) is 0.